The van der Waals surface area contributed by atoms with Crippen LogP contribution >= 0.6 is 0 Å². The fourth-order valence-corrected chi connectivity index (χ4v) is 2.51. The van der Waals surface area contributed by atoms with Crippen molar-refractivity contribution in [2.24, 2.45) is 0 Å². The quantitative estimate of drug-likeness (QED) is 0.627. The summed E-state index contributed by atoms with van der Waals surface area (Å²) in [5.74, 6) is 0.644. The molecule has 0 fully saturated rings. The van der Waals surface area contributed by atoms with Crippen LogP contribution in [0.4, 0.5) is 0 Å². The Hall–Kier alpha value is -2.27. The molecule has 1 atom stereocenters. The van der Waals surface area contributed by atoms with Crippen molar-refractivity contribution in [3.8, 4) is 5.88 Å². The Morgan fingerprint density at radius 1 is 1.38 bits per heavy atom. The van der Waals surface area contributed by atoms with Crippen LogP contribution in [-0.4, -0.2) is 39.5 Å². The molecule has 5 heteroatoms. The van der Waals surface area contributed by atoms with E-state index in [4.69, 9.17) is 4.74 Å². The van der Waals surface area contributed by atoms with Gasteiger partial charge in [-0.2, -0.15) is 0 Å². The molecule has 0 amide bonds. The van der Waals surface area contributed by atoms with E-state index in [1.54, 1.807) is 12.5 Å². The second kappa shape index (κ2) is 9.78. The maximum atomic E-state index is 6.11. The molecule has 0 radical (unpaired) electrons. The SMILES string of the molecule is C=CCCC(CN(C)Cc1cccnc1)Oc1cc(CC)ncn1. The van der Waals surface area contributed by atoms with Gasteiger partial charge in [-0.15, -0.1) is 6.58 Å². The predicted octanol–water partition coefficient (Wildman–Crippen LogP) is 3.28. The summed E-state index contributed by atoms with van der Waals surface area (Å²) in [5, 5.41) is 0. The standard InChI is InChI=1S/C19H26N4O/c1-4-6-9-18(24-19-11-17(5-2)21-15-22-19)14-23(3)13-16-8-7-10-20-12-16/h4,7-8,10-12,15,18H,1,5-6,9,13-14H2,2-3H3. The topological polar surface area (TPSA) is 51.1 Å². The maximum absolute atomic E-state index is 6.11. The summed E-state index contributed by atoms with van der Waals surface area (Å²) in [7, 11) is 2.09. The lowest BCUT2D eigenvalue weighted by Gasteiger charge is -2.24. The minimum Gasteiger partial charge on any atom is -0.473 e. The van der Waals surface area contributed by atoms with Crippen molar-refractivity contribution in [3.63, 3.8) is 0 Å². The number of allylic oxidation sites excluding steroid dienone is 1. The first-order chi connectivity index (χ1) is 11.7. The second-order valence-electron chi connectivity index (χ2n) is 5.87. The molecule has 1 unspecified atom stereocenters. The largest absolute Gasteiger partial charge is 0.473 e. The van der Waals surface area contributed by atoms with Gasteiger partial charge in [-0.05, 0) is 37.9 Å². The molecule has 0 aromatic carbocycles. The van der Waals surface area contributed by atoms with E-state index >= 15 is 0 Å². The molecule has 0 spiro atoms. The number of aryl methyl sites for hydroxylation is 1. The van der Waals surface area contributed by atoms with Gasteiger partial charge in [0.2, 0.25) is 5.88 Å². The molecule has 2 aromatic heterocycles. The van der Waals surface area contributed by atoms with Gasteiger partial charge in [-0.25, -0.2) is 9.97 Å². The Balaban J connectivity index is 1.97. The molecule has 0 bridgehead atoms. The molecular formula is C19H26N4O. The van der Waals surface area contributed by atoms with Crippen LogP contribution in [0, 0.1) is 0 Å². The minimum atomic E-state index is 0.0595. The Labute approximate surface area is 144 Å². The summed E-state index contributed by atoms with van der Waals surface area (Å²) in [6, 6.07) is 5.96. The zero-order valence-electron chi connectivity index (χ0n) is 14.6. The lowest BCUT2D eigenvalue weighted by Crippen LogP contribution is -2.33. The Morgan fingerprint density at radius 2 is 2.25 bits per heavy atom. The molecule has 2 rings (SSSR count). The number of rotatable bonds is 10. The highest BCUT2D eigenvalue weighted by Crippen LogP contribution is 2.14. The highest BCUT2D eigenvalue weighted by atomic mass is 16.5. The number of likely N-dealkylation sites (N-methyl/N-ethyl adjacent to an activating group) is 1. The molecule has 0 saturated carbocycles. The van der Waals surface area contributed by atoms with Crippen LogP contribution in [-0.2, 0) is 13.0 Å². The van der Waals surface area contributed by atoms with E-state index in [1.165, 1.54) is 5.56 Å². The average molecular weight is 326 g/mol. The molecule has 0 aliphatic carbocycles. The molecule has 128 valence electrons. The van der Waals surface area contributed by atoms with E-state index in [-0.39, 0.29) is 6.10 Å². The number of ether oxygens (including phenoxy) is 1. The summed E-state index contributed by atoms with van der Waals surface area (Å²) >= 11 is 0. The predicted molar refractivity (Wildman–Crippen MR) is 95.8 cm³/mol. The molecule has 0 N–H and O–H groups in total. The summed E-state index contributed by atoms with van der Waals surface area (Å²) in [6.07, 6.45) is 9.94. The van der Waals surface area contributed by atoms with Crippen LogP contribution in [0.3, 0.4) is 0 Å². The van der Waals surface area contributed by atoms with Gasteiger partial charge in [0.15, 0.2) is 0 Å². The maximum Gasteiger partial charge on any atom is 0.216 e. The molecule has 5 nitrogen and oxygen atoms in total. The van der Waals surface area contributed by atoms with Crippen molar-refractivity contribution in [3.05, 3.63) is 60.8 Å². The highest BCUT2D eigenvalue weighted by molar-refractivity contribution is 5.14. The van der Waals surface area contributed by atoms with E-state index in [1.807, 2.05) is 24.4 Å². The van der Waals surface area contributed by atoms with Crippen LogP contribution in [0.1, 0.15) is 31.0 Å². The van der Waals surface area contributed by atoms with Gasteiger partial charge in [-0.1, -0.05) is 19.1 Å². The summed E-state index contributed by atoms with van der Waals surface area (Å²) in [6.45, 7) is 7.54. The molecule has 0 aliphatic heterocycles. The first-order valence-electron chi connectivity index (χ1n) is 8.37. The van der Waals surface area contributed by atoms with Gasteiger partial charge in [0, 0.05) is 37.2 Å². The van der Waals surface area contributed by atoms with Crippen LogP contribution in [0.25, 0.3) is 0 Å². The van der Waals surface area contributed by atoms with E-state index < -0.39 is 0 Å². The van der Waals surface area contributed by atoms with Crippen LogP contribution in [0.15, 0.2) is 49.6 Å². The van der Waals surface area contributed by atoms with Gasteiger partial charge < -0.3 is 4.74 Å². The molecule has 24 heavy (non-hydrogen) atoms. The zero-order chi connectivity index (χ0) is 17.2. The fraction of sp³-hybridized carbons (Fsp3) is 0.421. The molecule has 2 aromatic rings. The number of nitrogens with zero attached hydrogens (tertiary/aromatic N) is 4. The van der Waals surface area contributed by atoms with Crippen molar-refractivity contribution in [2.45, 2.75) is 38.8 Å². The highest BCUT2D eigenvalue weighted by Gasteiger charge is 2.14. The first-order valence-corrected chi connectivity index (χ1v) is 8.37. The number of hydrogen-bond donors (Lipinski definition) is 0. The van der Waals surface area contributed by atoms with Crippen molar-refractivity contribution < 1.29 is 4.74 Å². The van der Waals surface area contributed by atoms with Crippen molar-refractivity contribution >= 4 is 0 Å². The Bertz CT molecular complexity index is 618. The molecule has 0 saturated heterocycles. The zero-order valence-corrected chi connectivity index (χ0v) is 14.6. The third-order valence-electron chi connectivity index (χ3n) is 3.73. The Kier molecular flexibility index (Phi) is 7.36. The summed E-state index contributed by atoms with van der Waals surface area (Å²) in [4.78, 5) is 14.9. The van der Waals surface area contributed by atoms with Crippen molar-refractivity contribution in [1.82, 2.24) is 19.9 Å². The fourth-order valence-electron chi connectivity index (χ4n) is 2.51. The van der Waals surface area contributed by atoms with Gasteiger partial charge in [0.05, 0.1) is 0 Å². The normalized spacial score (nSPS) is 12.1. The number of hydrogen-bond acceptors (Lipinski definition) is 5. The molecular weight excluding hydrogens is 300 g/mol. The van der Waals surface area contributed by atoms with Crippen LogP contribution in [0.2, 0.25) is 0 Å². The van der Waals surface area contributed by atoms with E-state index in [0.29, 0.717) is 5.88 Å². The lowest BCUT2D eigenvalue weighted by molar-refractivity contribution is 0.132. The summed E-state index contributed by atoms with van der Waals surface area (Å²) in [5.41, 5.74) is 2.18. The van der Waals surface area contributed by atoms with Gasteiger partial charge in [0.25, 0.3) is 0 Å². The second-order valence-corrected chi connectivity index (χ2v) is 5.87. The van der Waals surface area contributed by atoms with E-state index in [0.717, 1.165) is 38.0 Å². The molecule has 0 aliphatic rings. The number of pyridine rings is 1. The van der Waals surface area contributed by atoms with Gasteiger partial charge in [-0.3, -0.25) is 9.88 Å². The van der Waals surface area contributed by atoms with Gasteiger partial charge >= 0.3 is 0 Å². The minimum absolute atomic E-state index is 0.0595. The van der Waals surface area contributed by atoms with Crippen molar-refractivity contribution in [2.75, 3.05) is 13.6 Å². The van der Waals surface area contributed by atoms with Gasteiger partial charge in [0.1, 0.15) is 12.4 Å². The number of aromatic nitrogens is 3. The first kappa shape index (κ1) is 18.1. The third-order valence-corrected chi connectivity index (χ3v) is 3.73. The Morgan fingerprint density at radius 3 is 2.96 bits per heavy atom. The smallest absolute Gasteiger partial charge is 0.216 e. The third kappa shape index (κ3) is 6.08. The van der Waals surface area contributed by atoms with E-state index in [9.17, 15) is 0 Å². The lowest BCUT2D eigenvalue weighted by atomic mass is 10.1. The van der Waals surface area contributed by atoms with Crippen LogP contribution < -0.4 is 4.74 Å². The molecule has 2 heterocycles. The van der Waals surface area contributed by atoms with Crippen molar-refractivity contribution in [1.29, 1.82) is 0 Å². The summed E-state index contributed by atoms with van der Waals surface area (Å²) < 4.78 is 6.11. The monoisotopic (exact) mass is 326 g/mol. The van der Waals surface area contributed by atoms with E-state index in [2.05, 4.69) is 46.5 Å². The average Bonchev–Trinajstić information content (AvgIpc) is 2.60. The van der Waals surface area contributed by atoms with Crippen LogP contribution in [0.5, 0.6) is 5.88 Å².